The Labute approximate surface area is 166 Å². The lowest BCUT2D eigenvalue weighted by Gasteiger charge is -2.33. The molecule has 4 rings (SSSR count). The van der Waals surface area contributed by atoms with Gasteiger partial charge in [0, 0.05) is 45.5 Å². The summed E-state index contributed by atoms with van der Waals surface area (Å²) >= 11 is 0. The van der Waals surface area contributed by atoms with E-state index in [1.807, 2.05) is 30.3 Å². The van der Waals surface area contributed by atoms with E-state index in [4.69, 9.17) is 9.47 Å². The molecule has 0 aliphatic carbocycles. The van der Waals surface area contributed by atoms with Crippen molar-refractivity contribution in [3.8, 4) is 5.75 Å². The molecule has 0 unspecified atom stereocenters. The molecule has 0 amide bonds. The molecule has 2 fully saturated rings. The van der Waals surface area contributed by atoms with Crippen molar-refractivity contribution in [1.82, 2.24) is 14.8 Å². The molecule has 0 bridgehead atoms. The monoisotopic (exact) mass is 383 g/mol. The molecule has 3 heterocycles. The Hall–Kier alpha value is -1.99. The molecule has 0 saturated carbocycles. The minimum Gasteiger partial charge on any atom is -0.487 e. The van der Waals surface area contributed by atoms with Crippen molar-refractivity contribution in [2.24, 2.45) is 0 Å². The van der Waals surface area contributed by atoms with Gasteiger partial charge in [0.05, 0.1) is 24.5 Å². The maximum atomic E-state index is 11.0. The first-order valence-electron chi connectivity index (χ1n) is 10.1. The molecule has 28 heavy (non-hydrogen) atoms. The van der Waals surface area contributed by atoms with E-state index in [1.54, 1.807) is 6.20 Å². The first kappa shape index (κ1) is 19.3. The van der Waals surface area contributed by atoms with Gasteiger partial charge in [0.15, 0.2) is 0 Å². The highest BCUT2D eigenvalue weighted by molar-refractivity contribution is 5.27. The summed E-state index contributed by atoms with van der Waals surface area (Å²) in [6.45, 7) is 7.11. The summed E-state index contributed by atoms with van der Waals surface area (Å²) in [6, 6.07) is 14.0. The van der Waals surface area contributed by atoms with Gasteiger partial charge in [-0.2, -0.15) is 0 Å². The van der Waals surface area contributed by atoms with Crippen molar-refractivity contribution in [2.75, 3.05) is 45.9 Å². The van der Waals surface area contributed by atoms with E-state index in [9.17, 15) is 5.11 Å². The van der Waals surface area contributed by atoms with E-state index < -0.39 is 5.60 Å². The van der Waals surface area contributed by atoms with E-state index in [0.29, 0.717) is 6.61 Å². The smallest absolute Gasteiger partial charge is 0.130 e. The van der Waals surface area contributed by atoms with Gasteiger partial charge in [-0.15, -0.1) is 0 Å². The zero-order chi connectivity index (χ0) is 19.2. The number of aromatic nitrogens is 1. The van der Waals surface area contributed by atoms with Crippen LogP contribution in [-0.4, -0.2) is 71.4 Å². The fourth-order valence-corrected chi connectivity index (χ4v) is 3.97. The van der Waals surface area contributed by atoms with Crippen LogP contribution in [0.2, 0.25) is 0 Å². The molecule has 0 spiro atoms. The van der Waals surface area contributed by atoms with E-state index >= 15 is 0 Å². The number of likely N-dealkylation sites (tertiary alicyclic amines) is 1. The Kier molecular flexibility index (Phi) is 6.22. The number of hydrogen-bond acceptors (Lipinski definition) is 6. The number of ether oxygens (including phenoxy) is 2. The predicted octanol–water partition coefficient (Wildman–Crippen LogP) is 1.93. The highest BCUT2D eigenvalue weighted by Crippen LogP contribution is 2.25. The van der Waals surface area contributed by atoms with Gasteiger partial charge >= 0.3 is 0 Å². The van der Waals surface area contributed by atoms with Crippen LogP contribution < -0.4 is 4.74 Å². The summed E-state index contributed by atoms with van der Waals surface area (Å²) in [4.78, 5) is 8.93. The number of aliphatic hydroxyl groups is 1. The van der Waals surface area contributed by atoms with Crippen LogP contribution in [0.5, 0.6) is 5.75 Å². The second-order valence-electron chi connectivity index (χ2n) is 7.83. The van der Waals surface area contributed by atoms with Crippen molar-refractivity contribution in [3.63, 3.8) is 0 Å². The van der Waals surface area contributed by atoms with Crippen LogP contribution in [0.4, 0.5) is 0 Å². The normalized spacial score (nSPS) is 23.8. The number of nitrogens with zero attached hydrogens (tertiary/aromatic N) is 3. The summed E-state index contributed by atoms with van der Waals surface area (Å²) in [5.74, 6) is 0.847. The first-order chi connectivity index (χ1) is 13.7. The van der Waals surface area contributed by atoms with E-state index in [1.165, 1.54) is 5.56 Å². The van der Waals surface area contributed by atoms with Gasteiger partial charge in [-0.3, -0.25) is 14.8 Å². The number of β-amino-alcohol motifs (C(OH)–C–C–N with tert-alkyl or cyclic N) is 1. The van der Waals surface area contributed by atoms with Crippen LogP contribution in [0.25, 0.3) is 0 Å². The Morgan fingerprint density at radius 2 is 1.86 bits per heavy atom. The maximum absolute atomic E-state index is 11.0. The van der Waals surface area contributed by atoms with Crippen LogP contribution >= 0.6 is 0 Å². The van der Waals surface area contributed by atoms with Crippen molar-refractivity contribution in [1.29, 1.82) is 0 Å². The zero-order valence-corrected chi connectivity index (χ0v) is 16.3. The summed E-state index contributed by atoms with van der Waals surface area (Å²) in [5.41, 5.74) is 1.55. The standard InChI is InChI=1S/C22H29N3O3/c26-22(17-24-11-13-27-14-12-24)8-10-25(18-22)15-19-4-6-21(7-5-19)28-16-20-3-1-2-9-23-20/h1-7,9,26H,8,10-18H2/t22-/m0/s1. The van der Waals surface area contributed by atoms with Gasteiger partial charge in [0.25, 0.3) is 0 Å². The topological polar surface area (TPSA) is 58.1 Å². The highest BCUT2D eigenvalue weighted by atomic mass is 16.5. The lowest BCUT2D eigenvalue weighted by molar-refractivity contribution is -0.0266. The quantitative estimate of drug-likeness (QED) is 0.789. The van der Waals surface area contributed by atoms with Crippen molar-refractivity contribution < 1.29 is 14.6 Å². The second-order valence-corrected chi connectivity index (χ2v) is 7.83. The minimum atomic E-state index is -0.608. The lowest BCUT2D eigenvalue weighted by Crippen LogP contribution is -2.48. The van der Waals surface area contributed by atoms with E-state index in [0.717, 1.165) is 70.3 Å². The van der Waals surface area contributed by atoms with Crippen molar-refractivity contribution in [2.45, 2.75) is 25.2 Å². The van der Waals surface area contributed by atoms with Gasteiger partial charge in [0.1, 0.15) is 12.4 Å². The molecule has 2 aliphatic rings. The van der Waals surface area contributed by atoms with Crippen LogP contribution in [-0.2, 0) is 17.9 Å². The molecule has 2 saturated heterocycles. The largest absolute Gasteiger partial charge is 0.487 e. The Balaban J connectivity index is 1.25. The lowest BCUT2D eigenvalue weighted by atomic mass is 10.0. The molecule has 1 atom stereocenters. The Morgan fingerprint density at radius 3 is 2.61 bits per heavy atom. The molecule has 1 aromatic carbocycles. The number of pyridine rings is 1. The van der Waals surface area contributed by atoms with Crippen molar-refractivity contribution in [3.05, 3.63) is 59.9 Å². The third kappa shape index (κ3) is 5.29. The third-order valence-electron chi connectivity index (χ3n) is 5.48. The minimum absolute atomic E-state index is 0.473. The Bertz CT molecular complexity index is 734. The fraction of sp³-hybridized carbons (Fsp3) is 0.500. The number of morpholine rings is 1. The first-order valence-corrected chi connectivity index (χ1v) is 10.1. The van der Waals surface area contributed by atoms with Gasteiger partial charge in [0.2, 0.25) is 0 Å². The van der Waals surface area contributed by atoms with Crippen LogP contribution in [0.3, 0.4) is 0 Å². The average molecular weight is 383 g/mol. The number of hydrogen-bond donors (Lipinski definition) is 1. The maximum Gasteiger partial charge on any atom is 0.130 e. The number of benzene rings is 1. The molecule has 150 valence electrons. The molecular formula is C22H29N3O3. The summed E-state index contributed by atoms with van der Waals surface area (Å²) < 4.78 is 11.2. The van der Waals surface area contributed by atoms with Gasteiger partial charge in [-0.05, 0) is 36.2 Å². The fourth-order valence-electron chi connectivity index (χ4n) is 3.97. The molecule has 1 N–H and O–H groups in total. The Morgan fingerprint density at radius 1 is 1.04 bits per heavy atom. The number of rotatable bonds is 7. The van der Waals surface area contributed by atoms with Crippen molar-refractivity contribution >= 4 is 0 Å². The second kappa shape index (κ2) is 9.01. The third-order valence-corrected chi connectivity index (χ3v) is 5.48. The van der Waals surface area contributed by atoms with Crippen LogP contribution in [0.15, 0.2) is 48.7 Å². The summed E-state index contributed by atoms with van der Waals surface area (Å²) in [7, 11) is 0. The van der Waals surface area contributed by atoms with Gasteiger partial charge in [-0.1, -0.05) is 18.2 Å². The molecule has 6 heteroatoms. The highest BCUT2D eigenvalue weighted by Gasteiger charge is 2.37. The average Bonchev–Trinajstić information content (AvgIpc) is 3.09. The molecular weight excluding hydrogens is 354 g/mol. The zero-order valence-electron chi connectivity index (χ0n) is 16.3. The van der Waals surface area contributed by atoms with E-state index in [2.05, 4.69) is 26.9 Å². The van der Waals surface area contributed by atoms with Crippen LogP contribution in [0, 0.1) is 0 Å². The molecule has 1 aromatic heterocycles. The van der Waals surface area contributed by atoms with Gasteiger partial charge in [-0.25, -0.2) is 0 Å². The molecule has 2 aromatic rings. The SMILES string of the molecule is O[C@]1(CN2CCOCC2)CCN(Cc2ccc(OCc3ccccn3)cc2)C1. The van der Waals surface area contributed by atoms with E-state index in [-0.39, 0.29) is 0 Å². The summed E-state index contributed by atoms with van der Waals surface area (Å²) in [6.07, 6.45) is 2.60. The molecule has 6 nitrogen and oxygen atoms in total. The molecule has 0 radical (unpaired) electrons. The van der Waals surface area contributed by atoms with Crippen LogP contribution in [0.1, 0.15) is 17.7 Å². The van der Waals surface area contributed by atoms with Gasteiger partial charge < -0.3 is 14.6 Å². The summed E-state index contributed by atoms with van der Waals surface area (Å²) in [5, 5.41) is 11.0. The predicted molar refractivity (Wildman–Crippen MR) is 107 cm³/mol. The molecule has 2 aliphatic heterocycles.